The summed E-state index contributed by atoms with van der Waals surface area (Å²) in [7, 11) is 0. The Labute approximate surface area is 330 Å². The molecule has 3 amide bonds. The van der Waals surface area contributed by atoms with E-state index in [1.54, 1.807) is 12.1 Å². The summed E-state index contributed by atoms with van der Waals surface area (Å²) >= 11 is 0. The standard InChI is InChI=1S/C42H47FN10O4/c1-25-17-30(5-6-32(25)33-7-8-37(54)49-40(33)56)53-22-31(23-53)50-12-14-51(15-13-50)38(55)18-27-3-4-29(19-34(27)43)47-42-46-20-28-9-11-52(24-35(28)48-42)36-21-45-41-39(26(36)2)44-10-16-57-41/h3-6,17,19-21,31,33,44H,7-16,18,22-24H2,1-2H3,(H,46,47,48)(H,49,54,56). The van der Waals surface area contributed by atoms with Gasteiger partial charge in [0.15, 0.2) is 0 Å². The number of carbonyl (C=O) groups excluding carboxylic acids is 3. The second-order valence-electron chi connectivity index (χ2n) is 15.7. The van der Waals surface area contributed by atoms with Gasteiger partial charge in [0.25, 0.3) is 0 Å². The number of ether oxygens (including phenoxy) is 1. The van der Waals surface area contributed by atoms with Gasteiger partial charge in [-0.3, -0.25) is 24.6 Å². The molecular weight excluding hydrogens is 728 g/mol. The van der Waals surface area contributed by atoms with E-state index in [0.717, 1.165) is 90.7 Å². The number of piperidine rings is 1. The number of aromatic nitrogens is 3. The van der Waals surface area contributed by atoms with Gasteiger partial charge in [0.05, 0.1) is 36.5 Å². The maximum atomic E-state index is 15.4. The Morgan fingerprint density at radius 2 is 1.82 bits per heavy atom. The number of hydrogen-bond donors (Lipinski definition) is 3. The summed E-state index contributed by atoms with van der Waals surface area (Å²) < 4.78 is 21.1. The molecule has 1 atom stereocenters. The molecule has 296 valence electrons. The smallest absolute Gasteiger partial charge is 0.237 e. The number of nitrogens with zero attached hydrogens (tertiary/aromatic N) is 7. The maximum absolute atomic E-state index is 15.4. The Morgan fingerprint density at radius 1 is 0.982 bits per heavy atom. The molecule has 0 bridgehead atoms. The molecule has 2 aromatic heterocycles. The van der Waals surface area contributed by atoms with Gasteiger partial charge < -0.3 is 30.1 Å². The second kappa shape index (κ2) is 15.3. The minimum absolute atomic E-state index is 0.00127. The zero-order valence-corrected chi connectivity index (χ0v) is 32.3. The van der Waals surface area contributed by atoms with E-state index in [9.17, 15) is 14.4 Å². The van der Waals surface area contributed by atoms with Gasteiger partial charge >= 0.3 is 0 Å². The van der Waals surface area contributed by atoms with E-state index in [-0.39, 0.29) is 30.1 Å². The minimum atomic E-state index is -0.445. The number of pyridine rings is 1. The molecule has 0 aliphatic carbocycles. The van der Waals surface area contributed by atoms with Gasteiger partial charge in [0.1, 0.15) is 18.1 Å². The number of carbonyl (C=O) groups is 3. The minimum Gasteiger partial charge on any atom is -0.474 e. The van der Waals surface area contributed by atoms with Crippen LogP contribution in [0.25, 0.3) is 0 Å². The molecule has 5 aliphatic rings. The first-order valence-corrected chi connectivity index (χ1v) is 19.9. The van der Waals surface area contributed by atoms with Gasteiger partial charge in [0, 0.05) is 88.0 Å². The number of nitrogens with one attached hydrogen (secondary N) is 3. The number of amides is 3. The van der Waals surface area contributed by atoms with Crippen LogP contribution in [0.5, 0.6) is 5.88 Å². The van der Waals surface area contributed by atoms with Crippen molar-refractivity contribution in [1.82, 2.24) is 30.1 Å². The molecule has 0 saturated carbocycles. The van der Waals surface area contributed by atoms with E-state index in [2.05, 4.69) is 59.7 Å². The lowest BCUT2D eigenvalue weighted by atomic mass is 9.87. The molecule has 7 heterocycles. The van der Waals surface area contributed by atoms with Crippen LogP contribution < -0.4 is 30.5 Å². The SMILES string of the molecule is Cc1cc(N2CC(N3CCN(C(=O)Cc4ccc(Nc5ncc6c(n5)CN(c5cnc7c(c5C)NCCO7)CC6)cc4F)CC3)C2)ccc1C1CCC(=O)NC1=O. The number of hydrogen-bond acceptors (Lipinski definition) is 12. The molecule has 57 heavy (non-hydrogen) atoms. The van der Waals surface area contributed by atoms with E-state index in [1.165, 1.54) is 6.07 Å². The van der Waals surface area contributed by atoms with Gasteiger partial charge in [-0.2, -0.15) is 0 Å². The zero-order chi connectivity index (χ0) is 39.2. The highest BCUT2D eigenvalue weighted by Gasteiger charge is 2.35. The monoisotopic (exact) mass is 774 g/mol. The van der Waals surface area contributed by atoms with Gasteiger partial charge in [-0.15, -0.1) is 0 Å². The van der Waals surface area contributed by atoms with Crippen LogP contribution in [-0.2, 0) is 33.8 Å². The summed E-state index contributed by atoms with van der Waals surface area (Å²) in [5.41, 5.74) is 9.10. The predicted molar refractivity (Wildman–Crippen MR) is 214 cm³/mol. The van der Waals surface area contributed by atoms with Crippen molar-refractivity contribution < 1.29 is 23.5 Å². The second-order valence-corrected chi connectivity index (χ2v) is 15.7. The normalized spacial score (nSPS) is 19.8. The molecule has 0 radical (unpaired) electrons. The molecule has 14 nitrogen and oxygen atoms in total. The quantitative estimate of drug-likeness (QED) is 0.224. The number of fused-ring (bicyclic) bond motifs is 2. The lowest BCUT2D eigenvalue weighted by Gasteiger charge is -2.49. The largest absolute Gasteiger partial charge is 0.474 e. The molecule has 3 saturated heterocycles. The Bertz CT molecular complexity index is 2240. The number of halogens is 1. The Balaban J connectivity index is 0.752. The Kier molecular flexibility index (Phi) is 9.85. The Morgan fingerprint density at radius 3 is 2.61 bits per heavy atom. The van der Waals surface area contributed by atoms with Gasteiger partial charge in [0.2, 0.25) is 29.5 Å². The highest BCUT2D eigenvalue weighted by Crippen LogP contribution is 2.37. The van der Waals surface area contributed by atoms with Crippen LogP contribution in [-0.4, -0.2) is 107 Å². The molecule has 4 aromatic rings. The summed E-state index contributed by atoms with van der Waals surface area (Å²) in [6, 6.07) is 11.5. The van der Waals surface area contributed by atoms with Crippen molar-refractivity contribution in [2.45, 2.75) is 58.0 Å². The fourth-order valence-electron chi connectivity index (χ4n) is 8.74. The molecule has 5 aliphatic heterocycles. The summed E-state index contributed by atoms with van der Waals surface area (Å²) in [5.74, 6) is -0.200. The summed E-state index contributed by atoms with van der Waals surface area (Å²) in [4.78, 5) is 60.0. The van der Waals surface area contributed by atoms with Crippen molar-refractivity contribution in [3.63, 3.8) is 0 Å². The average Bonchev–Trinajstić information content (AvgIpc) is 3.19. The molecule has 2 aromatic carbocycles. The van der Waals surface area contributed by atoms with Crippen molar-refractivity contribution in [2.24, 2.45) is 0 Å². The number of aryl methyl sites for hydroxylation is 1. The number of benzene rings is 2. The molecule has 1 unspecified atom stereocenters. The van der Waals surface area contributed by atoms with Crippen molar-refractivity contribution in [3.05, 3.63) is 88.1 Å². The average molecular weight is 775 g/mol. The summed E-state index contributed by atoms with van der Waals surface area (Å²) in [6.07, 6.45) is 5.41. The first kappa shape index (κ1) is 36.8. The van der Waals surface area contributed by atoms with Crippen molar-refractivity contribution in [3.8, 4) is 5.88 Å². The molecule has 3 N–H and O–H groups in total. The summed E-state index contributed by atoms with van der Waals surface area (Å²) in [5, 5.41) is 9.03. The third kappa shape index (κ3) is 7.43. The van der Waals surface area contributed by atoms with E-state index in [4.69, 9.17) is 9.72 Å². The van der Waals surface area contributed by atoms with Crippen LogP contribution in [0.4, 0.5) is 33.1 Å². The number of rotatable bonds is 8. The molecule has 3 fully saturated rings. The third-order valence-corrected chi connectivity index (χ3v) is 12.1. The fourth-order valence-corrected chi connectivity index (χ4v) is 8.74. The topological polar surface area (TPSA) is 148 Å². The van der Waals surface area contributed by atoms with E-state index in [0.29, 0.717) is 68.2 Å². The molecular formula is C42H47FN10O4. The zero-order valence-electron chi connectivity index (χ0n) is 32.3. The predicted octanol–water partition coefficient (Wildman–Crippen LogP) is 3.83. The van der Waals surface area contributed by atoms with Crippen molar-refractivity contribution >= 4 is 46.4 Å². The number of imide groups is 1. The Hall–Kier alpha value is -5.83. The lowest BCUT2D eigenvalue weighted by molar-refractivity contribution is -0.134. The van der Waals surface area contributed by atoms with Crippen LogP contribution in [0.2, 0.25) is 0 Å². The van der Waals surface area contributed by atoms with Crippen LogP contribution in [0.3, 0.4) is 0 Å². The first-order chi connectivity index (χ1) is 27.7. The van der Waals surface area contributed by atoms with E-state index < -0.39 is 5.82 Å². The van der Waals surface area contributed by atoms with Gasteiger partial charge in [-0.1, -0.05) is 12.1 Å². The van der Waals surface area contributed by atoms with Gasteiger partial charge in [-0.05, 0) is 73.2 Å². The third-order valence-electron chi connectivity index (χ3n) is 12.1. The number of piperazine rings is 1. The van der Waals surface area contributed by atoms with Crippen LogP contribution in [0.1, 0.15) is 52.3 Å². The summed E-state index contributed by atoms with van der Waals surface area (Å²) in [6.45, 7) is 11.4. The molecule has 9 rings (SSSR count). The van der Waals surface area contributed by atoms with Crippen molar-refractivity contribution in [1.29, 1.82) is 0 Å². The maximum Gasteiger partial charge on any atom is 0.237 e. The van der Waals surface area contributed by atoms with E-state index >= 15 is 4.39 Å². The van der Waals surface area contributed by atoms with E-state index in [1.807, 2.05) is 30.3 Å². The van der Waals surface area contributed by atoms with Crippen LogP contribution >= 0.6 is 0 Å². The molecule has 0 spiro atoms. The van der Waals surface area contributed by atoms with Gasteiger partial charge in [-0.25, -0.2) is 19.3 Å². The lowest BCUT2D eigenvalue weighted by Crippen LogP contribution is -2.63. The number of anilines is 5. The highest BCUT2D eigenvalue weighted by molar-refractivity contribution is 6.01. The molecule has 15 heteroatoms. The van der Waals surface area contributed by atoms with Crippen molar-refractivity contribution in [2.75, 3.05) is 79.4 Å². The van der Waals surface area contributed by atoms with Crippen LogP contribution in [0.15, 0.2) is 48.8 Å². The highest BCUT2D eigenvalue weighted by atomic mass is 19.1. The van der Waals surface area contributed by atoms with Crippen LogP contribution in [0, 0.1) is 19.7 Å². The fraction of sp³-hybridized carbons (Fsp3) is 0.429. The first-order valence-electron chi connectivity index (χ1n) is 19.9.